The first-order valence-corrected chi connectivity index (χ1v) is 11.0. The highest BCUT2D eigenvalue weighted by molar-refractivity contribution is 7.09. The number of hydrogen-bond donors (Lipinski definition) is 1. The van der Waals surface area contributed by atoms with Crippen LogP contribution in [0.5, 0.6) is 0 Å². The first-order valence-electron chi connectivity index (χ1n) is 10.1. The third kappa shape index (κ3) is 3.21. The Hall–Kier alpha value is -2.74. The Bertz CT molecular complexity index is 1100. The lowest BCUT2D eigenvalue weighted by atomic mass is 9.83. The predicted molar refractivity (Wildman–Crippen MR) is 111 cm³/mol. The molecule has 150 valence electrons. The van der Waals surface area contributed by atoms with Crippen LogP contribution in [0, 0.1) is 5.92 Å². The fraction of sp³-hybridized carbons (Fsp3) is 0.429. The fourth-order valence-corrected chi connectivity index (χ4v) is 5.48. The van der Waals surface area contributed by atoms with E-state index in [-0.39, 0.29) is 23.3 Å². The Balaban J connectivity index is 1.41. The maximum absolute atomic E-state index is 13.1. The summed E-state index contributed by atoms with van der Waals surface area (Å²) in [5, 5.41) is 2.90. The van der Waals surface area contributed by atoms with Crippen LogP contribution >= 0.6 is 11.3 Å². The molecule has 0 aliphatic carbocycles. The van der Waals surface area contributed by atoms with Crippen LogP contribution in [0.3, 0.4) is 0 Å². The molecule has 1 fully saturated rings. The number of amides is 1. The number of pyridine rings is 1. The van der Waals surface area contributed by atoms with E-state index >= 15 is 0 Å². The van der Waals surface area contributed by atoms with Gasteiger partial charge >= 0.3 is 0 Å². The molecule has 5 heterocycles. The van der Waals surface area contributed by atoms with Crippen molar-refractivity contribution in [3.05, 3.63) is 56.7 Å². The number of H-pyrrole nitrogens is 1. The number of aromatic amines is 1. The summed E-state index contributed by atoms with van der Waals surface area (Å²) in [4.78, 5) is 39.8. The third-order valence-corrected chi connectivity index (χ3v) is 6.79. The van der Waals surface area contributed by atoms with E-state index in [2.05, 4.69) is 21.9 Å². The summed E-state index contributed by atoms with van der Waals surface area (Å²) in [6.07, 6.45) is 6.34. The third-order valence-electron chi connectivity index (χ3n) is 5.88. The number of aromatic nitrogens is 4. The van der Waals surface area contributed by atoms with Crippen LogP contribution in [0.2, 0.25) is 0 Å². The molecule has 0 radical (unpaired) electrons. The Morgan fingerprint density at radius 3 is 3.00 bits per heavy atom. The minimum atomic E-state index is -0.00404. The normalized spacial score (nSPS) is 20.5. The zero-order valence-corrected chi connectivity index (χ0v) is 17.1. The maximum atomic E-state index is 13.1. The number of nitrogens with one attached hydrogen (secondary N) is 1. The molecule has 1 amide bonds. The van der Waals surface area contributed by atoms with E-state index in [4.69, 9.17) is 0 Å². The van der Waals surface area contributed by atoms with Gasteiger partial charge in [-0.2, -0.15) is 0 Å². The van der Waals surface area contributed by atoms with E-state index in [0.717, 1.165) is 30.0 Å². The topological polar surface area (TPSA) is 83.9 Å². The van der Waals surface area contributed by atoms with Crippen molar-refractivity contribution in [1.82, 2.24) is 24.4 Å². The molecule has 3 aromatic rings. The summed E-state index contributed by atoms with van der Waals surface area (Å²) in [5.74, 6) is 1.08. The van der Waals surface area contributed by atoms with Crippen LogP contribution in [-0.4, -0.2) is 43.4 Å². The van der Waals surface area contributed by atoms with Crippen LogP contribution in [0.1, 0.15) is 46.9 Å². The SMILES string of the molecule is CCCc1nc(C(=O)N2C[C@@H]3C[C@H](C2)c2ccc(-c4ncc[nH]4)c(=O)n2C3)cs1. The lowest BCUT2D eigenvalue weighted by Crippen LogP contribution is -2.49. The number of carbonyl (C=O) groups is 1. The molecule has 7 nitrogen and oxygen atoms in total. The highest BCUT2D eigenvalue weighted by Crippen LogP contribution is 2.36. The zero-order valence-electron chi connectivity index (χ0n) is 16.3. The fourth-order valence-electron chi connectivity index (χ4n) is 4.60. The van der Waals surface area contributed by atoms with Gasteiger partial charge in [0.05, 0.1) is 10.6 Å². The zero-order chi connectivity index (χ0) is 20.0. The van der Waals surface area contributed by atoms with Gasteiger partial charge in [0.1, 0.15) is 11.5 Å². The largest absolute Gasteiger partial charge is 0.344 e. The second kappa shape index (κ2) is 7.26. The van der Waals surface area contributed by atoms with Crippen LogP contribution in [-0.2, 0) is 13.0 Å². The van der Waals surface area contributed by atoms with E-state index in [9.17, 15) is 9.59 Å². The van der Waals surface area contributed by atoms with Crippen molar-refractivity contribution < 1.29 is 4.79 Å². The molecular formula is C21H23N5O2S. The van der Waals surface area contributed by atoms with Crippen molar-refractivity contribution in [1.29, 1.82) is 0 Å². The number of likely N-dealkylation sites (tertiary alicyclic amines) is 1. The lowest BCUT2D eigenvalue weighted by molar-refractivity contribution is 0.0589. The molecular weight excluding hydrogens is 386 g/mol. The van der Waals surface area contributed by atoms with Gasteiger partial charge in [-0.3, -0.25) is 9.59 Å². The second-order valence-corrected chi connectivity index (χ2v) is 8.85. The van der Waals surface area contributed by atoms with Gasteiger partial charge in [-0.15, -0.1) is 11.3 Å². The molecule has 0 saturated carbocycles. The summed E-state index contributed by atoms with van der Waals surface area (Å²) < 4.78 is 1.89. The van der Waals surface area contributed by atoms with E-state index in [0.29, 0.717) is 36.7 Å². The van der Waals surface area contributed by atoms with E-state index in [1.807, 2.05) is 27.0 Å². The van der Waals surface area contributed by atoms with Crippen molar-refractivity contribution >= 4 is 17.2 Å². The van der Waals surface area contributed by atoms with Crippen LogP contribution in [0.4, 0.5) is 0 Å². The Morgan fingerprint density at radius 1 is 1.31 bits per heavy atom. The molecule has 2 atom stereocenters. The van der Waals surface area contributed by atoms with E-state index in [1.54, 1.807) is 23.7 Å². The minimum Gasteiger partial charge on any atom is -0.344 e. The van der Waals surface area contributed by atoms with Crippen LogP contribution in [0.15, 0.2) is 34.7 Å². The van der Waals surface area contributed by atoms with Crippen molar-refractivity contribution in [2.24, 2.45) is 5.92 Å². The van der Waals surface area contributed by atoms with E-state index < -0.39 is 0 Å². The molecule has 29 heavy (non-hydrogen) atoms. The Labute approximate surface area is 172 Å². The van der Waals surface area contributed by atoms with Crippen molar-refractivity contribution in [2.75, 3.05) is 13.1 Å². The highest BCUT2D eigenvalue weighted by atomic mass is 32.1. The number of thiazole rings is 1. The molecule has 0 unspecified atom stereocenters. The molecule has 0 spiro atoms. The molecule has 1 saturated heterocycles. The molecule has 5 rings (SSSR count). The first-order chi connectivity index (χ1) is 14.1. The average Bonchev–Trinajstić information content (AvgIpc) is 3.41. The van der Waals surface area contributed by atoms with Gasteiger partial charge in [0, 0.05) is 49.0 Å². The second-order valence-electron chi connectivity index (χ2n) is 7.91. The quantitative estimate of drug-likeness (QED) is 0.718. The van der Waals surface area contributed by atoms with Gasteiger partial charge < -0.3 is 14.5 Å². The Morgan fingerprint density at radius 2 is 2.21 bits per heavy atom. The minimum absolute atomic E-state index is 0.00404. The number of rotatable bonds is 4. The maximum Gasteiger partial charge on any atom is 0.273 e. The summed E-state index contributed by atoms with van der Waals surface area (Å²) in [6, 6.07) is 3.88. The van der Waals surface area contributed by atoms with Gasteiger partial charge in [0.2, 0.25) is 0 Å². The number of imidazole rings is 1. The summed E-state index contributed by atoms with van der Waals surface area (Å²) >= 11 is 1.57. The van der Waals surface area contributed by atoms with E-state index in [1.165, 1.54) is 0 Å². The van der Waals surface area contributed by atoms with Gasteiger partial charge in [0.25, 0.3) is 11.5 Å². The highest BCUT2D eigenvalue weighted by Gasteiger charge is 2.37. The van der Waals surface area contributed by atoms with Gasteiger partial charge in [-0.1, -0.05) is 6.92 Å². The smallest absolute Gasteiger partial charge is 0.273 e. The van der Waals surface area contributed by atoms with Crippen molar-refractivity contribution in [3.63, 3.8) is 0 Å². The molecule has 1 N–H and O–H groups in total. The first kappa shape index (κ1) is 18.3. The average molecular weight is 410 g/mol. The van der Waals surface area contributed by atoms with Crippen LogP contribution in [0.25, 0.3) is 11.4 Å². The van der Waals surface area contributed by atoms with Crippen LogP contribution < -0.4 is 5.56 Å². The van der Waals surface area contributed by atoms with Gasteiger partial charge in [0.15, 0.2) is 0 Å². The number of piperidine rings is 1. The Kier molecular flexibility index (Phi) is 4.58. The summed E-state index contributed by atoms with van der Waals surface area (Å²) in [5.41, 5.74) is 2.17. The van der Waals surface area contributed by atoms with Crippen molar-refractivity contribution in [3.8, 4) is 11.4 Å². The summed E-state index contributed by atoms with van der Waals surface area (Å²) in [7, 11) is 0. The number of hydrogen-bond acceptors (Lipinski definition) is 5. The molecule has 2 aliphatic heterocycles. The number of fused-ring (bicyclic) bond motifs is 4. The molecule has 0 aromatic carbocycles. The lowest BCUT2D eigenvalue weighted by Gasteiger charge is -2.42. The number of aryl methyl sites for hydroxylation is 1. The van der Waals surface area contributed by atoms with Crippen molar-refractivity contribution in [2.45, 2.75) is 38.6 Å². The standard InChI is InChI=1S/C21H23N5O2S/c1-2-3-18-24-16(12-29-18)21(28)25-9-13-8-14(11-25)17-5-4-15(19-22-6-7-23-19)20(27)26(17)10-13/h4-7,12-14H,2-3,8-11H2,1H3,(H,22,23)/t13-,14+/m0/s1. The predicted octanol–water partition coefficient (Wildman–Crippen LogP) is 2.91. The molecule has 2 bridgehead atoms. The molecule has 8 heteroatoms. The van der Waals surface area contributed by atoms with Gasteiger partial charge in [-0.05, 0) is 37.3 Å². The van der Waals surface area contributed by atoms with Gasteiger partial charge in [-0.25, -0.2) is 9.97 Å². The summed E-state index contributed by atoms with van der Waals surface area (Å²) in [6.45, 7) is 4.06. The monoisotopic (exact) mass is 409 g/mol. The number of carbonyl (C=O) groups excluding carboxylic acids is 1. The molecule has 2 aliphatic rings. The molecule has 3 aromatic heterocycles. The number of nitrogens with zero attached hydrogens (tertiary/aromatic N) is 4.